The van der Waals surface area contributed by atoms with Crippen molar-refractivity contribution < 1.29 is 5.11 Å². The molecular weight excluding hydrogens is 210 g/mol. The fourth-order valence-corrected chi connectivity index (χ4v) is 3.03. The Hall–Kier alpha value is -0.860. The van der Waals surface area contributed by atoms with E-state index in [0.29, 0.717) is 12.1 Å². The van der Waals surface area contributed by atoms with Crippen molar-refractivity contribution in [2.45, 2.75) is 57.2 Å². The first-order valence-electron chi connectivity index (χ1n) is 6.78. The molecule has 0 amide bonds. The quantitative estimate of drug-likeness (QED) is 0.837. The Morgan fingerprint density at radius 3 is 2.76 bits per heavy atom. The predicted molar refractivity (Wildman–Crippen MR) is 69.0 cm³/mol. The van der Waals surface area contributed by atoms with Gasteiger partial charge >= 0.3 is 0 Å². The van der Waals surface area contributed by atoms with Crippen molar-refractivity contribution in [2.75, 3.05) is 0 Å². The maximum atomic E-state index is 9.29. The van der Waals surface area contributed by atoms with Crippen molar-refractivity contribution in [1.29, 1.82) is 0 Å². The minimum absolute atomic E-state index is 0.0697. The van der Waals surface area contributed by atoms with Crippen LogP contribution in [0.25, 0.3) is 0 Å². The number of hydrogen-bond acceptors (Lipinski definition) is 2. The van der Waals surface area contributed by atoms with E-state index in [2.05, 4.69) is 30.4 Å². The first kappa shape index (κ1) is 11.2. The Labute approximate surface area is 103 Å². The van der Waals surface area contributed by atoms with Gasteiger partial charge in [0, 0.05) is 12.1 Å². The topological polar surface area (TPSA) is 32.3 Å². The molecule has 3 rings (SSSR count). The average Bonchev–Trinajstić information content (AvgIpc) is 2.73. The second-order valence-electron chi connectivity index (χ2n) is 5.59. The molecule has 2 aliphatic carbocycles. The molecule has 0 bridgehead atoms. The van der Waals surface area contributed by atoms with Crippen molar-refractivity contribution in [2.24, 2.45) is 0 Å². The molecule has 0 aromatic heterocycles. The van der Waals surface area contributed by atoms with E-state index in [1.165, 1.54) is 24.8 Å². The monoisotopic (exact) mass is 231 g/mol. The summed E-state index contributed by atoms with van der Waals surface area (Å²) in [5.74, 6) is 0. The Morgan fingerprint density at radius 2 is 2.00 bits per heavy atom. The van der Waals surface area contributed by atoms with Gasteiger partial charge in [0.25, 0.3) is 0 Å². The van der Waals surface area contributed by atoms with Crippen LogP contribution in [0.2, 0.25) is 0 Å². The van der Waals surface area contributed by atoms with Crippen LogP contribution in [0.4, 0.5) is 0 Å². The minimum Gasteiger partial charge on any atom is -0.393 e. The standard InChI is InChI=1S/C15H21NO/c1-10(16-14-8-15(17)9-14)12-6-5-11-3-2-4-13(11)7-12/h5-7,10,14-17H,2-4,8-9H2,1H3. The minimum atomic E-state index is -0.0697. The van der Waals surface area contributed by atoms with Gasteiger partial charge in [-0.1, -0.05) is 18.2 Å². The molecule has 2 N–H and O–H groups in total. The molecule has 17 heavy (non-hydrogen) atoms. The summed E-state index contributed by atoms with van der Waals surface area (Å²) in [5, 5.41) is 12.9. The van der Waals surface area contributed by atoms with Crippen molar-refractivity contribution in [1.82, 2.24) is 5.32 Å². The number of aliphatic hydroxyl groups is 1. The second-order valence-corrected chi connectivity index (χ2v) is 5.59. The summed E-state index contributed by atoms with van der Waals surface area (Å²) in [6.07, 6.45) is 5.57. The number of hydrogen-bond donors (Lipinski definition) is 2. The maximum Gasteiger partial charge on any atom is 0.0570 e. The van der Waals surface area contributed by atoms with Crippen molar-refractivity contribution >= 4 is 0 Å². The summed E-state index contributed by atoms with van der Waals surface area (Å²) < 4.78 is 0. The van der Waals surface area contributed by atoms with Gasteiger partial charge in [0.15, 0.2) is 0 Å². The fourth-order valence-electron chi connectivity index (χ4n) is 3.03. The third kappa shape index (κ3) is 2.24. The van der Waals surface area contributed by atoms with Crippen LogP contribution >= 0.6 is 0 Å². The van der Waals surface area contributed by atoms with Crippen LogP contribution in [0, 0.1) is 0 Å². The van der Waals surface area contributed by atoms with E-state index in [9.17, 15) is 5.11 Å². The number of rotatable bonds is 3. The third-order valence-corrected chi connectivity index (χ3v) is 4.22. The van der Waals surface area contributed by atoms with Gasteiger partial charge in [-0.05, 0) is 55.7 Å². The lowest BCUT2D eigenvalue weighted by atomic mass is 9.88. The molecule has 1 saturated carbocycles. The van der Waals surface area contributed by atoms with Crippen LogP contribution in [0.15, 0.2) is 18.2 Å². The van der Waals surface area contributed by atoms with Crippen LogP contribution in [0.1, 0.15) is 48.9 Å². The van der Waals surface area contributed by atoms with E-state index in [0.717, 1.165) is 12.8 Å². The second kappa shape index (κ2) is 4.43. The molecule has 0 aliphatic heterocycles. The number of aliphatic hydroxyl groups excluding tert-OH is 1. The SMILES string of the molecule is CC(NC1CC(O)C1)c1ccc2c(c1)CCC2. The molecule has 2 aliphatic rings. The van der Waals surface area contributed by atoms with Crippen LogP contribution in [-0.4, -0.2) is 17.3 Å². The van der Waals surface area contributed by atoms with Gasteiger partial charge in [-0.2, -0.15) is 0 Å². The largest absolute Gasteiger partial charge is 0.393 e. The zero-order chi connectivity index (χ0) is 11.8. The molecule has 2 nitrogen and oxygen atoms in total. The van der Waals surface area contributed by atoms with E-state index in [1.807, 2.05) is 0 Å². The molecule has 1 unspecified atom stereocenters. The summed E-state index contributed by atoms with van der Waals surface area (Å²) in [5.41, 5.74) is 4.48. The van der Waals surface area contributed by atoms with E-state index in [-0.39, 0.29) is 6.10 Å². The first-order valence-corrected chi connectivity index (χ1v) is 6.78. The summed E-state index contributed by atoms with van der Waals surface area (Å²) in [4.78, 5) is 0. The van der Waals surface area contributed by atoms with Gasteiger partial charge in [0.05, 0.1) is 6.10 Å². The first-order chi connectivity index (χ1) is 8.22. The molecule has 1 atom stereocenters. The van der Waals surface area contributed by atoms with Gasteiger partial charge in [0.1, 0.15) is 0 Å². The molecule has 92 valence electrons. The summed E-state index contributed by atoms with van der Waals surface area (Å²) >= 11 is 0. The molecule has 2 heteroatoms. The van der Waals surface area contributed by atoms with Crippen LogP contribution in [-0.2, 0) is 12.8 Å². The van der Waals surface area contributed by atoms with Crippen molar-refractivity contribution in [3.63, 3.8) is 0 Å². The highest BCUT2D eigenvalue weighted by Gasteiger charge is 2.28. The van der Waals surface area contributed by atoms with Gasteiger partial charge in [-0.25, -0.2) is 0 Å². The molecule has 1 aromatic carbocycles. The molecule has 0 heterocycles. The number of benzene rings is 1. The predicted octanol–water partition coefficient (Wildman–Crippen LogP) is 2.35. The van der Waals surface area contributed by atoms with Crippen LogP contribution in [0.5, 0.6) is 0 Å². The van der Waals surface area contributed by atoms with E-state index < -0.39 is 0 Å². The van der Waals surface area contributed by atoms with Crippen molar-refractivity contribution in [3.8, 4) is 0 Å². The highest BCUT2D eigenvalue weighted by Crippen LogP contribution is 2.27. The molecule has 0 saturated heterocycles. The lowest BCUT2D eigenvalue weighted by molar-refractivity contribution is 0.0586. The normalized spacial score (nSPS) is 28.6. The Balaban J connectivity index is 1.67. The molecular formula is C15H21NO. The van der Waals surface area contributed by atoms with Gasteiger partial charge in [-0.3, -0.25) is 0 Å². The van der Waals surface area contributed by atoms with Gasteiger partial charge < -0.3 is 10.4 Å². The summed E-state index contributed by atoms with van der Waals surface area (Å²) in [6, 6.07) is 7.84. The van der Waals surface area contributed by atoms with Gasteiger partial charge in [-0.15, -0.1) is 0 Å². The third-order valence-electron chi connectivity index (χ3n) is 4.22. The average molecular weight is 231 g/mol. The lowest BCUT2D eigenvalue weighted by Gasteiger charge is -2.34. The lowest BCUT2D eigenvalue weighted by Crippen LogP contribution is -2.45. The summed E-state index contributed by atoms with van der Waals surface area (Å²) in [7, 11) is 0. The highest BCUT2D eigenvalue weighted by molar-refractivity contribution is 5.36. The van der Waals surface area contributed by atoms with Gasteiger partial charge in [0.2, 0.25) is 0 Å². The van der Waals surface area contributed by atoms with Crippen molar-refractivity contribution in [3.05, 3.63) is 34.9 Å². The number of fused-ring (bicyclic) bond motifs is 1. The smallest absolute Gasteiger partial charge is 0.0570 e. The van der Waals surface area contributed by atoms with E-state index in [1.54, 1.807) is 11.1 Å². The number of nitrogens with one attached hydrogen (secondary N) is 1. The molecule has 0 radical (unpaired) electrons. The number of aryl methyl sites for hydroxylation is 2. The molecule has 1 aromatic rings. The Bertz CT molecular complexity index is 409. The van der Waals surface area contributed by atoms with E-state index >= 15 is 0 Å². The molecule has 1 fully saturated rings. The summed E-state index contributed by atoms with van der Waals surface area (Å²) in [6.45, 7) is 2.22. The zero-order valence-electron chi connectivity index (χ0n) is 10.4. The van der Waals surface area contributed by atoms with Crippen LogP contribution < -0.4 is 5.32 Å². The maximum absolute atomic E-state index is 9.29. The molecule has 0 spiro atoms. The Kier molecular flexibility index (Phi) is 2.93. The fraction of sp³-hybridized carbons (Fsp3) is 0.600. The highest BCUT2D eigenvalue weighted by atomic mass is 16.3. The zero-order valence-corrected chi connectivity index (χ0v) is 10.4. The Morgan fingerprint density at radius 1 is 1.24 bits per heavy atom. The van der Waals surface area contributed by atoms with Crippen LogP contribution in [0.3, 0.4) is 0 Å². The van der Waals surface area contributed by atoms with E-state index in [4.69, 9.17) is 0 Å².